The van der Waals surface area contributed by atoms with Gasteiger partial charge in [0.2, 0.25) is 0 Å². The SMILES string of the molecule is CCOC(=O)C[Si](CCc1ccc(C(F)(F)F)nc1)NS(=O)C(C)(C)C. The van der Waals surface area contributed by atoms with Gasteiger partial charge in [0.15, 0.2) is 8.96 Å². The lowest BCUT2D eigenvalue weighted by Gasteiger charge is -2.22. The minimum Gasteiger partial charge on any atom is -0.466 e. The van der Waals surface area contributed by atoms with E-state index >= 15 is 0 Å². The van der Waals surface area contributed by atoms with Crippen LogP contribution in [0.1, 0.15) is 39.0 Å². The first-order valence-corrected chi connectivity index (χ1v) is 11.2. The molecule has 0 aliphatic rings. The molecule has 10 heteroatoms. The molecule has 0 spiro atoms. The fourth-order valence-electron chi connectivity index (χ4n) is 1.88. The summed E-state index contributed by atoms with van der Waals surface area (Å²) in [5.41, 5.74) is -0.307. The fraction of sp³-hybridized carbons (Fsp3) is 0.625. The van der Waals surface area contributed by atoms with Crippen molar-refractivity contribution in [3.8, 4) is 0 Å². The second-order valence-corrected chi connectivity index (χ2v) is 11.3. The highest BCUT2D eigenvalue weighted by molar-refractivity contribution is 7.85. The number of hydrogen-bond donors (Lipinski definition) is 1. The number of halogens is 3. The van der Waals surface area contributed by atoms with Crippen LogP contribution in [-0.4, -0.2) is 35.5 Å². The van der Waals surface area contributed by atoms with Crippen LogP contribution in [0, 0.1) is 0 Å². The van der Waals surface area contributed by atoms with Crippen molar-refractivity contribution in [2.24, 2.45) is 0 Å². The maximum atomic E-state index is 12.6. The predicted molar refractivity (Wildman–Crippen MR) is 96.0 cm³/mol. The Bertz CT molecular complexity index is 619. The van der Waals surface area contributed by atoms with Crippen molar-refractivity contribution < 1.29 is 26.9 Å². The third-order valence-corrected chi connectivity index (χ3v) is 7.86. The summed E-state index contributed by atoms with van der Waals surface area (Å²) < 4.78 is 57.5. The number of rotatable bonds is 8. The van der Waals surface area contributed by atoms with E-state index in [4.69, 9.17) is 4.74 Å². The molecule has 0 aromatic carbocycles. The average molecular weight is 410 g/mol. The minimum absolute atomic E-state index is 0.133. The molecule has 0 aliphatic carbocycles. The molecule has 1 aromatic rings. The lowest BCUT2D eigenvalue weighted by molar-refractivity contribution is -0.141. The van der Waals surface area contributed by atoms with Gasteiger partial charge >= 0.3 is 12.1 Å². The molecule has 1 N–H and O–H groups in total. The van der Waals surface area contributed by atoms with Crippen LogP contribution in [0.2, 0.25) is 12.1 Å². The van der Waals surface area contributed by atoms with E-state index in [9.17, 15) is 22.2 Å². The van der Waals surface area contributed by atoms with E-state index in [1.54, 1.807) is 6.92 Å². The van der Waals surface area contributed by atoms with E-state index in [1.807, 2.05) is 20.8 Å². The van der Waals surface area contributed by atoms with Gasteiger partial charge in [-0.25, -0.2) is 4.21 Å². The number of nitrogens with one attached hydrogen (secondary N) is 1. The highest BCUT2D eigenvalue weighted by Gasteiger charge is 2.32. The molecule has 1 heterocycles. The van der Waals surface area contributed by atoms with Gasteiger partial charge in [0.25, 0.3) is 0 Å². The maximum Gasteiger partial charge on any atom is 0.433 e. The lowest BCUT2D eigenvalue weighted by atomic mass is 10.2. The Kier molecular flexibility index (Phi) is 8.42. The number of carbonyl (C=O) groups is 1. The number of alkyl halides is 3. The third kappa shape index (κ3) is 7.96. The smallest absolute Gasteiger partial charge is 0.433 e. The van der Waals surface area contributed by atoms with Crippen molar-refractivity contribution in [2.75, 3.05) is 6.61 Å². The second-order valence-electron chi connectivity index (χ2n) is 6.62. The predicted octanol–water partition coefficient (Wildman–Crippen LogP) is 3.25. The van der Waals surface area contributed by atoms with Crippen LogP contribution in [0.5, 0.6) is 0 Å². The molecule has 0 bridgehead atoms. The molecule has 0 fully saturated rings. The van der Waals surface area contributed by atoms with E-state index in [0.717, 1.165) is 6.07 Å². The Morgan fingerprint density at radius 3 is 2.42 bits per heavy atom. The standard InChI is InChI=1S/C16H24F3N2O3SSi/c1-5-24-14(22)11-26(21-25(23)15(2,3)4)9-8-12-6-7-13(20-10-12)16(17,18)19/h6-7,10,21H,5,8-9,11H2,1-4H3. The highest BCUT2D eigenvalue weighted by Crippen LogP contribution is 2.27. The van der Waals surface area contributed by atoms with E-state index in [2.05, 4.69) is 9.37 Å². The van der Waals surface area contributed by atoms with Crippen molar-refractivity contribution in [3.63, 3.8) is 0 Å². The number of esters is 1. The molecule has 0 amide bonds. The Morgan fingerprint density at radius 2 is 1.96 bits per heavy atom. The number of nitrogens with zero attached hydrogens (tertiary/aromatic N) is 1. The van der Waals surface area contributed by atoms with Crippen LogP contribution in [0.3, 0.4) is 0 Å². The second kappa shape index (κ2) is 9.61. The van der Waals surface area contributed by atoms with Gasteiger partial charge in [-0.3, -0.25) is 14.2 Å². The molecule has 26 heavy (non-hydrogen) atoms. The lowest BCUT2D eigenvalue weighted by Crippen LogP contribution is -2.44. The molecule has 5 nitrogen and oxygen atoms in total. The topological polar surface area (TPSA) is 68.3 Å². The molecular formula is C16H24F3N2O3SSi. The molecule has 1 atom stereocenters. The van der Waals surface area contributed by atoms with Crippen LogP contribution in [0.4, 0.5) is 13.2 Å². The molecule has 0 saturated heterocycles. The number of pyridine rings is 1. The Balaban J connectivity index is 2.75. The summed E-state index contributed by atoms with van der Waals surface area (Å²) in [5.74, 6) is -0.370. The average Bonchev–Trinajstić information content (AvgIpc) is 2.51. The van der Waals surface area contributed by atoms with Crippen LogP contribution in [0.25, 0.3) is 0 Å². The van der Waals surface area contributed by atoms with Gasteiger partial charge in [-0.05, 0) is 51.8 Å². The summed E-state index contributed by atoms with van der Waals surface area (Å²) in [6.07, 6.45) is -2.84. The highest BCUT2D eigenvalue weighted by atomic mass is 32.2. The Morgan fingerprint density at radius 1 is 1.31 bits per heavy atom. The molecule has 0 saturated carbocycles. The van der Waals surface area contributed by atoms with Crippen LogP contribution in [0.15, 0.2) is 18.3 Å². The molecule has 1 radical (unpaired) electrons. The van der Waals surface area contributed by atoms with Gasteiger partial charge in [-0.1, -0.05) is 6.07 Å². The molecule has 1 unspecified atom stereocenters. The maximum absolute atomic E-state index is 12.6. The van der Waals surface area contributed by atoms with Crippen molar-refractivity contribution in [1.29, 1.82) is 0 Å². The van der Waals surface area contributed by atoms with E-state index in [1.165, 1.54) is 12.3 Å². The quantitative estimate of drug-likeness (QED) is 0.529. The van der Waals surface area contributed by atoms with Crippen LogP contribution >= 0.6 is 0 Å². The first kappa shape index (κ1) is 22.8. The molecule has 147 valence electrons. The van der Waals surface area contributed by atoms with E-state index in [-0.39, 0.29) is 18.6 Å². The largest absolute Gasteiger partial charge is 0.466 e. The number of ether oxygens (including phenoxy) is 1. The third-order valence-electron chi connectivity index (χ3n) is 3.29. The Hall–Kier alpha value is -1.26. The number of hydrogen-bond acceptors (Lipinski definition) is 4. The first-order chi connectivity index (χ1) is 11.9. The van der Waals surface area contributed by atoms with Crippen molar-refractivity contribution in [2.45, 2.75) is 57.1 Å². The van der Waals surface area contributed by atoms with Gasteiger partial charge in [0.05, 0.1) is 28.4 Å². The fourth-order valence-corrected chi connectivity index (χ4v) is 6.07. The normalized spacial score (nSPS) is 13.7. The van der Waals surface area contributed by atoms with E-state index in [0.29, 0.717) is 18.0 Å². The summed E-state index contributed by atoms with van der Waals surface area (Å²) in [4.78, 5) is 15.2. The number of aromatic nitrogens is 1. The zero-order valence-corrected chi connectivity index (χ0v) is 17.1. The van der Waals surface area contributed by atoms with E-state index < -0.39 is 36.6 Å². The Labute approximate surface area is 156 Å². The van der Waals surface area contributed by atoms with Gasteiger partial charge in [-0.15, -0.1) is 0 Å². The van der Waals surface area contributed by atoms with Crippen LogP contribution < -0.4 is 4.39 Å². The monoisotopic (exact) mass is 409 g/mol. The zero-order chi connectivity index (χ0) is 20.0. The molecule has 0 aliphatic heterocycles. The summed E-state index contributed by atoms with van der Waals surface area (Å²) in [6, 6.07) is 2.96. The summed E-state index contributed by atoms with van der Waals surface area (Å²) in [6.45, 7) is 7.43. The van der Waals surface area contributed by atoms with Crippen molar-refractivity contribution in [3.05, 3.63) is 29.6 Å². The zero-order valence-electron chi connectivity index (χ0n) is 15.3. The minimum atomic E-state index is -4.47. The van der Waals surface area contributed by atoms with Crippen molar-refractivity contribution in [1.82, 2.24) is 9.37 Å². The van der Waals surface area contributed by atoms with Gasteiger partial charge in [0, 0.05) is 6.20 Å². The van der Waals surface area contributed by atoms with Gasteiger partial charge in [0.1, 0.15) is 5.69 Å². The first-order valence-electron chi connectivity index (χ1n) is 8.14. The number of carbonyl (C=O) groups excluding carboxylic acids is 1. The number of aryl methyl sites for hydroxylation is 1. The van der Waals surface area contributed by atoms with Gasteiger partial charge < -0.3 is 4.74 Å². The summed E-state index contributed by atoms with van der Waals surface area (Å²) in [5, 5.41) is 0. The van der Waals surface area contributed by atoms with Crippen molar-refractivity contribution >= 4 is 25.9 Å². The molecular weight excluding hydrogens is 385 g/mol. The summed E-state index contributed by atoms with van der Waals surface area (Å²) in [7, 11) is -2.90. The molecule has 1 rings (SSSR count). The van der Waals surface area contributed by atoms with Crippen LogP contribution in [-0.2, 0) is 33.1 Å². The molecule has 1 aromatic heterocycles. The summed E-state index contributed by atoms with van der Waals surface area (Å²) >= 11 is 0. The van der Waals surface area contributed by atoms with Gasteiger partial charge in [-0.2, -0.15) is 13.2 Å².